The lowest BCUT2D eigenvalue weighted by Gasteiger charge is -2.13. The average molecular weight is 1440 g/mol. The van der Waals surface area contributed by atoms with Gasteiger partial charge in [-0.1, -0.05) is 0 Å². The Hall–Kier alpha value is -6.14. The number of nitrogens with zero attached hydrogens (tertiary/aromatic N) is 3. The van der Waals surface area contributed by atoms with Gasteiger partial charge < -0.3 is 50.3 Å². The summed E-state index contributed by atoms with van der Waals surface area (Å²) in [6, 6.07) is 16.7. The highest BCUT2D eigenvalue weighted by Crippen LogP contribution is 2.36. The third-order valence-corrected chi connectivity index (χ3v) is 13.5. The van der Waals surface area contributed by atoms with Crippen LogP contribution in [0.5, 0.6) is 0 Å². The van der Waals surface area contributed by atoms with Gasteiger partial charge in [-0.15, -0.1) is 0 Å². The first-order valence-electron chi connectivity index (χ1n) is 23.7. The minimum atomic E-state index is -0.641. The number of carbonyl (C=O) groups is 6. The first-order chi connectivity index (χ1) is 37.6. The molecule has 22 nitrogen and oxygen atoms in total. The van der Waals surface area contributed by atoms with Gasteiger partial charge in [0, 0.05) is 51.7 Å². The number of anilines is 6. The molecule has 0 bridgehead atoms. The van der Waals surface area contributed by atoms with E-state index in [1.165, 1.54) is 59.5 Å². The summed E-state index contributed by atoms with van der Waals surface area (Å²) in [5, 5.41) is 37.3. The smallest absolute Gasteiger partial charge is 0.278 e. The number of ketones is 2. The summed E-state index contributed by atoms with van der Waals surface area (Å²) in [6.07, 6.45) is 1.67. The van der Waals surface area contributed by atoms with Gasteiger partial charge in [0.15, 0.2) is 11.6 Å². The zero-order chi connectivity index (χ0) is 58.2. The molecule has 1 aliphatic rings. The molecular formula is C51H56F3I3N10O12. The molecule has 1 fully saturated rings. The third-order valence-electron chi connectivity index (χ3n) is 11.4. The van der Waals surface area contributed by atoms with Gasteiger partial charge in [-0.05, 0) is 160 Å². The summed E-state index contributed by atoms with van der Waals surface area (Å²) in [7, 11) is 6.30. The molecule has 0 atom stereocenters. The fourth-order valence-corrected chi connectivity index (χ4v) is 8.91. The van der Waals surface area contributed by atoms with Crippen molar-refractivity contribution in [1.82, 2.24) is 35.5 Å². The number of nitrogens with one attached hydrogen (secondary N) is 7. The normalized spacial score (nSPS) is 11.6. The van der Waals surface area contributed by atoms with Gasteiger partial charge in [0.25, 0.3) is 23.6 Å². The van der Waals surface area contributed by atoms with Crippen LogP contribution in [0.4, 0.5) is 47.7 Å². The molecule has 28 heteroatoms. The fraction of sp³-hybridized carbons (Fsp3) is 0.294. The number of aromatic nitrogens is 3. The van der Waals surface area contributed by atoms with Crippen LogP contribution in [0, 0.1) is 41.0 Å². The second-order valence-electron chi connectivity index (χ2n) is 17.0. The maximum Gasteiger partial charge on any atom is 0.278 e. The second kappa shape index (κ2) is 29.9. The Bertz CT molecular complexity index is 3220. The molecule has 3 aromatic carbocycles. The topological polar surface area (TPSA) is 290 Å². The predicted molar refractivity (Wildman–Crippen MR) is 310 cm³/mol. The molecule has 4 amide bonds. The van der Waals surface area contributed by atoms with E-state index in [2.05, 4.69) is 37.7 Å². The van der Waals surface area contributed by atoms with Crippen LogP contribution in [0.1, 0.15) is 87.9 Å². The molecular weight excluding hydrogens is 1380 g/mol. The summed E-state index contributed by atoms with van der Waals surface area (Å²) in [5.74, 6) is -3.24. The second-order valence-corrected chi connectivity index (χ2v) is 20.7. The summed E-state index contributed by atoms with van der Waals surface area (Å²) >= 11 is 5.99. The van der Waals surface area contributed by atoms with Crippen LogP contribution >= 0.6 is 67.8 Å². The number of benzene rings is 3. The Morgan fingerprint density at radius 3 is 1.32 bits per heavy atom. The summed E-state index contributed by atoms with van der Waals surface area (Å²) in [4.78, 5) is 88.4. The molecule has 10 N–H and O–H groups in total. The van der Waals surface area contributed by atoms with Crippen LogP contribution in [-0.4, -0.2) is 111 Å². The highest BCUT2D eigenvalue weighted by Gasteiger charge is 2.34. The number of hydrogen-bond acceptors (Lipinski definition) is 15. The van der Waals surface area contributed by atoms with Crippen molar-refractivity contribution in [3.05, 3.63) is 134 Å². The molecule has 3 aromatic heterocycles. The van der Waals surface area contributed by atoms with Crippen molar-refractivity contribution < 1.29 is 71.8 Å². The van der Waals surface area contributed by atoms with Gasteiger partial charge in [0.2, 0.25) is 0 Å². The van der Waals surface area contributed by atoms with Crippen molar-refractivity contribution in [2.75, 3.05) is 62.6 Å². The maximum atomic E-state index is 14.3. The summed E-state index contributed by atoms with van der Waals surface area (Å²) < 4.78 is 49.3. The van der Waals surface area contributed by atoms with E-state index >= 15 is 0 Å². The van der Waals surface area contributed by atoms with E-state index in [4.69, 9.17) is 29.8 Å². The van der Waals surface area contributed by atoms with E-state index in [0.29, 0.717) is 17.0 Å². The summed E-state index contributed by atoms with van der Waals surface area (Å²) in [5.41, 5.74) is 8.85. The summed E-state index contributed by atoms with van der Waals surface area (Å²) in [6.45, 7) is 2.01. The lowest BCUT2D eigenvalue weighted by molar-refractivity contribution is 0.0166. The van der Waals surface area contributed by atoms with Gasteiger partial charge in [0.1, 0.15) is 40.6 Å². The molecule has 0 unspecified atom stereocenters. The number of halogens is 6. The molecule has 0 aliphatic heterocycles. The van der Waals surface area contributed by atoms with Crippen LogP contribution < -0.4 is 37.7 Å². The van der Waals surface area contributed by atoms with Crippen molar-refractivity contribution >= 4 is 137 Å². The standard InChI is InChI=1S/C18H19FIN3O4.C17H19FIN3O4.C16H18FIN4O4/c1-23-15(16(25)10-2-3-10)9-12(18(26)22-27-7-6-24)17(23)21-14-5-4-11(20)8-13(14)19;1-9-14(17(25)21-26-7-6-23)16(22(3)15(9)10(2)24)20-13-5-4-11(19)8-12(13)18;1-19-16(25)13-8-10(15(24)21-26-6-5-23)14(22(13)2)20-12-4-3-9(18)7-11(12)17/h4-5,8-10,21,24H,2-3,6-7H2,1H3,(H,22,26);4-5,8,20,23H,6-7H2,1-3H3,(H,21,25);3-4,7-8,20,23H,5-6H2,1-2H3,(H,19,25)(H,21,24). The van der Waals surface area contributed by atoms with Gasteiger partial charge in [-0.25, -0.2) is 29.6 Å². The van der Waals surface area contributed by atoms with E-state index in [1.54, 1.807) is 63.0 Å². The molecule has 0 radical (unpaired) electrons. The Kier molecular flexibility index (Phi) is 24.1. The molecule has 1 saturated carbocycles. The Morgan fingerprint density at radius 1 is 0.570 bits per heavy atom. The van der Waals surface area contributed by atoms with Crippen molar-refractivity contribution in [1.29, 1.82) is 0 Å². The number of hydroxylamine groups is 3. The lowest BCUT2D eigenvalue weighted by atomic mass is 10.1. The molecule has 1 aliphatic carbocycles. The number of carbonyl (C=O) groups excluding carboxylic acids is 6. The van der Waals surface area contributed by atoms with E-state index < -0.39 is 41.1 Å². The largest absolute Gasteiger partial charge is 0.394 e. The number of Topliss-reactive ketones (excluding diaryl/α,β-unsaturated/α-hetero) is 2. The lowest BCUT2D eigenvalue weighted by Crippen LogP contribution is -2.26. The van der Waals surface area contributed by atoms with Crippen LogP contribution in [0.2, 0.25) is 0 Å². The number of aliphatic hydroxyl groups is 3. The van der Waals surface area contributed by atoms with Crippen molar-refractivity contribution in [3.8, 4) is 0 Å². The van der Waals surface area contributed by atoms with Crippen molar-refractivity contribution in [3.63, 3.8) is 0 Å². The SMILES string of the molecule is CC(=O)c1c(C)c(C(=O)NOCCO)c(Nc2ccc(I)cc2F)n1C.CNC(=O)c1cc(C(=O)NOCCO)c(Nc2ccc(I)cc2F)n1C.Cn1c(C(=O)C2CC2)cc(C(=O)NOCCO)c1Nc1ccc(I)cc1F. The number of amides is 4. The molecule has 6 aromatic rings. The van der Waals surface area contributed by atoms with E-state index in [-0.39, 0.29) is 114 Å². The molecule has 0 saturated heterocycles. The minimum absolute atomic E-state index is 0.0250. The van der Waals surface area contributed by atoms with Gasteiger partial charge >= 0.3 is 0 Å². The van der Waals surface area contributed by atoms with E-state index in [9.17, 15) is 41.9 Å². The maximum absolute atomic E-state index is 14.3. The zero-order valence-electron chi connectivity index (χ0n) is 43.2. The fourth-order valence-electron chi connectivity index (χ4n) is 7.55. The zero-order valence-corrected chi connectivity index (χ0v) is 49.7. The van der Waals surface area contributed by atoms with Gasteiger partial charge in [-0.2, -0.15) is 0 Å². The molecule has 7 rings (SSSR count). The van der Waals surface area contributed by atoms with Crippen LogP contribution in [0.3, 0.4) is 0 Å². The van der Waals surface area contributed by atoms with Crippen LogP contribution in [0.25, 0.3) is 0 Å². The van der Waals surface area contributed by atoms with E-state index in [1.807, 2.05) is 67.8 Å². The highest BCUT2D eigenvalue weighted by molar-refractivity contribution is 14.1. The number of aliphatic hydroxyl groups excluding tert-OH is 3. The quantitative estimate of drug-likeness (QED) is 0.0142. The van der Waals surface area contributed by atoms with Gasteiger partial charge in [-0.3, -0.25) is 43.3 Å². The molecule has 79 heavy (non-hydrogen) atoms. The first-order valence-corrected chi connectivity index (χ1v) is 26.9. The van der Waals surface area contributed by atoms with Crippen LogP contribution in [-0.2, 0) is 35.7 Å². The highest BCUT2D eigenvalue weighted by atomic mass is 127. The monoisotopic (exact) mass is 1440 g/mol. The van der Waals surface area contributed by atoms with Crippen molar-refractivity contribution in [2.45, 2.75) is 26.7 Å². The predicted octanol–water partition coefficient (Wildman–Crippen LogP) is 6.96. The molecule has 0 spiro atoms. The van der Waals surface area contributed by atoms with Gasteiger partial charge in [0.05, 0.1) is 84.8 Å². The van der Waals surface area contributed by atoms with Crippen LogP contribution in [0.15, 0.2) is 66.7 Å². The Labute approximate surface area is 491 Å². The third kappa shape index (κ3) is 16.7. The van der Waals surface area contributed by atoms with Crippen molar-refractivity contribution in [2.24, 2.45) is 27.1 Å². The van der Waals surface area contributed by atoms with E-state index in [0.717, 1.165) is 23.6 Å². The molecule has 424 valence electrons. The Morgan fingerprint density at radius 2 is 0.949 bits per heavy atom. The minimum Gasteiger partial charge on any atom is -0.394 e. The molecule has 3 heterocycles. The Balaban J connectivity index is 0.000000218. The number of rotatable bonds is 22. The number of hydrogen-bond donors (Lipinski definition) is 10. The average Bonchev–Trinajstić information content (AvgIpc) is 4.28. The first kappa shape index (κ1) is 63.7.